The quantitative estimate of drug-likeness (QED) is 0.774. The van der Waals surface area contributed by atoms with E-state index >= 15 is 0 Å². The van der Waals surface area contributed by atoms with Crippen LogP contribution < -0.4 is 5.32 Å². The first-order valence-electron chi connectivity index (χ1n) is 7.97. The SMILES string of the molecule is Cc1ccc(-c2nc(NC(=O)c3c4c(nn3C)CCC4)n[nH]2)cc1. The lowest BCUT2D eigenvalue weighted by Crippen LogP contribution is -2.18. The number of hydrogen-bond acceptors (Lipinski definition) is 4. The van der Waals surface area contributed by atoms with Gasteiger partial charge in [-0.3, -0.25) is 19.9 Å². The predicted octanol–water partition coefficient (Wildman–Crippen LogP) is 2.25. The number of hydrogen-bond donors (Lipinski definition) is 2. The van der Waals surface area contributed by atoms with Crippen LogP contribution in [0.2, 0.25) is 0 Å². The fraction of sp³-hybridized carbons (Fsp3) is 0.294. The average molecular weight is 322 g/mol. The number of carbonyl (C=O) groups is 1. The molecule has 3 aromatic rings. The van der Waals surface area contributed by atoms with Gasteiger partial charge in [0.05, 0.1) is 5.69 Å². The highest BCUT2D eigenvalue weighted by Gasteiger charge is 2.25. The molecule has 122 valence electrons. The van der Waals surface area contributed by atoms with Crippen molar-refractivity contribution in [3.63, 3.8) is 0 Å². The van der Waals surface area contributed by atoms with E-state index in [9.17, 15) is 4.79 Å². The number of benzene rings is 1. The lowest BCUT2D eigenvalue weighted by Gasteiger charge is -2.03. The number of rotatable bonds is 3. The summed E-state index contributed by atoms with van der Waals surface area (Å²) in [5.41, 5.74) is 4.78. The van der Waals surface area contributed by atoms with Crippen molar-refractivity contribution in [3.8, 4) is 11.4 Å². The molecule has 7 nitrogen and oxygen atoms in total. The van der Waals surface area contributed by atoms with E-state index in [0.29, 0.717) is 11.5 Å². The Morgan fingerprint density at radius 2 is 2.04 bits per heavy atom. The van der Waals surface area contributed by atoms with E-state index in [1.54, 1.807) is 11.7 Å². The average Bonchev–Trinajstić information content (AvgIpc) is 3.24. The molecule has 1 amide bonds. The summed E-state index contributed by atoms with van der Waals surface area (Å²) in [5.74, 6) is 0.673. The molecule has 0 unspecified atom stereocenters. The maximum Gasteiger partial charge on any atom is 0.276 e. The molecule has 2 heterocycles. The fourth-order valence-corrected chi connectivity index (χ4v) is 3.12. The van der Waals surface area contributed by atoms with Crippen molar-refractivity contribution in [2.45, 2.75) is 26.2 Å². The highest BCUT2D eigenvalue weighted by atomic mass is 16.2. The molecule has 0 spiro atoms. The van der Waals surface area contributed by atoms with Crippen LogP contribution in [0.3, 0.4) is 0 Å². The van der Waals surface area contributed by atoms with E-state index in [2.05, 4.69) is 25.6 Å². The largest absolute Gasteiger partial charge is 0.288 e. The standard InChI is InChI=1S/C17H18N6O/c1-10-6-8-11(9-7-10)15-18-17(21-20-15)19-16(24)14-12-4-3-5-13(12)22-23(14)2/h6-9H,3-5H2,1-2H3,(H2,18,19,20,21,24). The van der Waals surface area contributed by atoms with Gasteiger partial charge in [0.15, 0.2) is 5.82 Å². The first-order chi connectivity index (χ1) is 11.6. The number of aromatic amines is 1. The minimum Gasteiger partial charge on any atom is -0.288 e. The Bertz CT molecular complexity index is 906. The maximum atomic E-state index is 12.6. The number of nitrogens with one attached hydrogen (secondary N) is 2. The summed E-state index contributed by atoms with van der Waals surface area (Å²) >= 11 is 0. The summed E-state index contributed by atoms with van der Waals surface area (Å²) in [6.45, 7) is 2.03. The van der Waals surface area contributed by atoms with Crippen molar-refractivity contribution in [1.29, 1.82) is 0 Å². The third kappa shape index (κ3) is 2.47. The van der Waals surface area contributed by atoms with Gasteiger partial charge in [0.25, 0.3) is 5.91 Å². The van der Waals surface area contributed by atoms with Crippen LogP contribution in [-0.4, -0.2) is 30.9 Å². The summed E-state index contributed by atoms with van der Waals surface area (Å²) < 4.78 is 1.65. The van der Waals surface area contributed by atoms with Gasteiger partial charge in [0, 0.05) is 18.2 Å². The van der Waals surface area contributed by atoms with E-state index in [4.69, 9.17) is 0 Å². The van der Waals surface area contributed by atoms with E-state index < -0.39 is 0 Å². The minimum absolute atomic E-state index is 0.220. The van der Waals surface area contributed by atoms with Crippen LogP contribution in [0.1, 0.15) is 33.7 Å². The summed E-state index contributed by atoms with van der Waals surface area (Å²) in [5, 5.41) is 14.1. The van der Waals surface area contributed by atoms with Gasteiger partial charge in [-0.1, -0.05) is 29.8 Å². The Kier molecular flexibility index (Phi) is 3.41. The van der Waals surface area contributed by atoms with E-state index in [-0.39, 0.29) is 11.9 Å². The van der Waals surface area contributed by atoms with Gasteiger partial charge >= 0.3 is 0 Å². The van der Waals surface area contributed by atoms with Crippen LogP contribution in [0, 0.1) is 6.92 Å². The fourth-order valence-electron chi connectivity index (χ4n) is 3.12. The van der Waals surface area contributed by atoms with Crippen LogP contribution in [0.15, 0.2) is 24.3 Å². The molecular weight excluding hydrogens is 304 g/mol. The van der Waals surface area contributed by atoms with Crippen molar-refractivity contribution in [2.24, 2.45) is 7.05 Å². The molecule has 4 rings (SSSR count). The monoisotopic (exact) mass is 322 g/mol. The molecule has 0 saturated carbocycles. The molecule has 7 heteroatoms. The Labute approximate surface area is 139 Å². The van der Waals surface area contributed by atoms with Gasteiger partial charge in [-0.2, -0.15) is 10.1 Å². The number of aryl methyl sites for hydroxylation is 3. The zero-order valence-electron chi connectivity index (χ0n) is 13.6. The van der Waals surface area contributed by atoms with E-state index in [1.165, 1.54) is 5.56 Å². The Hall–Kier alpha value is -2.96. The molecule has 0 radical (unpaired) electrons. The molecule has 0 saturated heterocycles. The van der Waals surface area contributed by atoms with Crippen LogP contribution in [-0.2, 0) is 19.9 Å². The first kappa shape index (κ1) is 14.6. The third-order valence-electron chi connectivity index (χ3n) is 4.32. The Balaban J connectivity index is 1.56. The normalized spacial score (nSPS) is 13.1. The summed E-state index contributed by atoms with van der Waals surface area (Å²) in [7, 11) is 1.79. The molecule has 0 atom stereocenters. The molecule has 1 aliphatic carbocycles. The van der Waals surface area contributed by atoms with Crippen LogP contribution in [0.25, 0.3) is 11.4 Å². The molecule has 2 N–H and O–H groups in total. The molecule has 1 aliphatic rings. The molecule has 1 aromatic carbocycles. The lowest BCUT2D eigenvalue weighted by molar-refractivity contribution is 0.101. The van der Waals surface area contributed by atoms with Crippen LogP contribution >= 0.6 is 0 Å². The van der Waals surface area contributed by atoms with Crippen molar-refractivity contribution in [1.82, 2.24) is 25.0 Å². The van der Waals surface area contributed by atoms with Crippen LogP contribution in [0.5, 0.6) is 0 Å². The Morgan fingerprint density at radius 1 is 1.25 bits per heavy atom. The van der Waals surface area contributed by atoms with Crippen molar-refractivity contribution >= 4 is 11.9 Å². The van der Waals surface area contributed by atoms with Crippen molar-refractivity contribution in [3.05, 3.63) is 46.8 Å². The molecular formula is C17H18N6O. The molecule has 0 bridgehead atoms. The number of carbonyl (C=O) groups excluding carboxylic acids is 1. The predicted molar refractivity (Wildman–Crippen MR) is 89.7 cm³/mol. The van der Waals surface area contributed by atoms with Crippen LogP contribution in [0.4, 0.5) is 5.95 Å². The molecule has 24 heavy (non-hydrogen) atoms. The number of H-pyrrole nitrogens is 1. The van der Waals surface area contributed by atoms with Gasteiger partial charge in [-0.15, -0.1) is 5.10 Å². The maximum absolute atomic E-state index is 12.6. The van der Waals surface area contributed by atoms with Gasteiger partial charge in [0.2, 0.25) is 5.95 Å². The second kappa shape index (κ2) is 5.59. The summed E-state index contributed by atoms with van der Waals surface area (Å²) in [6, 6.07) is 7.95. The van der Waals surface area contributed by atoms with Crippen molar-refractivity contribution in [2.75, 3.05) is 5.32 Å². The second-order valence-electron chi connectivity index (χ2n) is 6.08. The van der Waals surface area contributed by atoms with E-state index in [0.717, 1.165) is 36.1 Å². The highest BCUT2D eigenvalue weighted by molar-refractivity contribution is 6.03. The smallest absolute Gasteiger partial charge is 0.276 e. The third-order valence-corrected chi connectivity index (χ3v) is 4.32. The topological polar surface area (TPSA) is 88.5 Å². The summed E-state index contributed by atoms with van der Waals surface area (Å²) in [6.07, 6.45) is 2.89. The molecule has 0 fully saturated rings. The summed E-state index contributed by atoms with van der Waals surface area (Å²) in [4.78, 5) is 16.9. The number of amides is 1. The number of aromatic nitrogens is 5. The van der Waals surface area contributed by atoms with Gasteiger partial charge in [0.1, 0.15) is 5.69 Å². The number of fused-ring (bicyclic) bond motifs is 1. The van der Waals surface area contributed by atoms with E-state index in [1.807, 2.05) is 31.2 Å². The van der Waals surface area contributed by atoms with Gasteiger partial charge in [-0.25, -0.2) is 0 Å². The van der Waals surface area contributed by atoms with Crippen molar-refractivity contribution < 1.29 is 4.79 Å². The highest BCUT2D eigenvalue weighted by Crippen LogP contribution is 2.25. The minimum atomic E-state index is -0.220. The zero-order chi connectivity index (χ0) is 16.7. The lowest BCUT2D eigenvalue weighted by atomic mass is 10.1. The zero-order valence-corrected chi connectivity index (χ0v) is 13.6. The first-order valence-corrected chi connectivity index (χ1v) is 7.97. The Morgan fingerprint density at radius 3 is 2.83 bits per heavy atom. The van der Waals surface area contributed by atoms with Gasteiger partial charge < -0.3 is 0 Å². The number of anilines is 1. The number of nitrogens with zero attached hydrogens (tertiary/aromatic N) is 4. The van der Waals surface area contributed by atoms with Gasteiger partial charge in [-0.05, 0) is 26.2 Å². The molecule has 0 aliphatic heterocycles. The molecule has 2 aromatic heterocycles. The second-order valence-corrected chi connectivity index (χ2v) is 6.08.